The normalized spacial score (nSPS) is 47.2. The Hall–Kier alpha value is -0.0400. The highest BCUT2D eigenvalue weighted by molar-refractivity contribution is 5.12. The molecule has 0 aliphatic heterocycles. The van der Waals surface area contributed by atoms with Crippen molar-refractivity contribution in [3.63, 3.8) is 0 Å². The topological polar surface area (TPSA) is 26.0 Å². The maximum atomic E-state index is 6.34. The Labute approximate surface area is 74.7 Å². The van der Waals surface area contributed by atoms with Crippen molar-refractivity contribution in [1.82, 2.24) is 0 Å². The van der Waals surface area contributed by atoms with Crippen molar-refractivity contribution in [2.75, 3.05) is 0 Å². The first kappa shape index (κ1) is 7.37. The molecule has 0 aromatic heterocycles. The van der Waals surface area contributed by atoms with Crippen LogP contribution in [0.15, 0.2) is 0 Å². The zero-order valence-electron chi connectivity index (χ0n) is 7.76. The summed E-state index contributed by atoms with van der Waals surface area (Å²) in [5.74, 6) is 3.00. The van der Waals surface area contributed by atoms with Crippen molar-refractivity contribution in [2.45, 2.75) is 50.5 Å². The first-order valence-electron chi connectivity index (χ1n) is 5.57. The lowest BCUT2D eigenvalue weighted by atomic mass is 9.79. The molecule has 0 aromatic carbocycles. The molecule has 3 aliphatic rings. The van der Waals surface area contributed by atoms with E-state index in [-0.39, 0.29) is 0 Å². The van der Waals surface area contributed by atoms with Crippen LogP contribution < -0.4 is 5.73 Å². The maximum Gasteiger partial charge on any atom is 0.0192 e. The highest BCUT2D eigenvalue weighted by atomic mass is 14.9. The Morgan fingerprint density at radius 2 is 1.92 bits per heavy atom. The Morgan fingerprint density at radius 3 is 2.42 bits per heavy atom. The van der Waals surface area contributed by atoms with Crippen molar-refractivity contribution in [2.24, 2.45) is 23.5 Å². The highest BCUT2D eigenvalue weighted by Crippen LogP contribution is 2.57. The summed E-state index contributed by atoms with van der Waals surface area (Å²) in [4.78, 5) is 0. The van der Waals surface area contributed by atoms with Gasteiger partial charge >= 0.3 is 0 Å². The van der Waals surface area contributed by atoms with Gasteiger partial charge in [0.1, 0.15) is 0 Å². The minimum atomic E-state index is 0.326. The Bertz CT molecular complexity index is 193. The molecular weight excluding hydrogens is 146 g/mol. The molecule has 68 valence electrons. The number of rotatable bonds is 3. The van der Waals surface area contributed by atoms with E-state index in [1.54, 1.807) is 0 Å². The summed E-state index contributed by atoms with van der Waals surface area (Å²) < 4.78 is 0. The summed E-state index contributed by atoms with van der Waals surface area (Å²) >= 11 is 0. The van der Waals surface area contributed by atoms with Crippen LogP contribution in [-0.4, -0.2) is 5.54 Å². The van der Waals surface area contributed by atoms with E-state index >= 15 is 0 Å². The summed E-state index contributed by atoms with van der Waals surface area (Å²) in [5.41, 5.74) is 6.67. The van der Waals surface area contributed by atoms with E-state index in [1.165, 1.54) is 44.9 Å². The monoisotopic (exact) mass is 165 g/mol. The predicted octanol–water partition coefficient (Wildman–Crippen LogP) is 2.30. The second-order valence-corrected chi connectivity index (χ2v) is 5.38. The molecule has 0 spiro atoms. The van der Waals surface area contributed by atoms with Crippen LogP contribution in [0.2, 0.25) is 0 Å². The molecule has 1 heteroatoms. The van der Waals surface area contributed by atoms with Gasteiger partial charge in [0.2, 0.25) is 0 Å². The molecule has 3 fully saturated rings. The SMILES string of the molecule is NC1(CC2CC2)CC1C1CCC1. The van der Waals surface area contributed by atoms with Crippen molar-refractivity contribution >= 4 is 0 Å². The van der Waals surface area contributed by atoms with E-state index in [2.05, 4.69) is 0 Å². The largest absolute Gasteiger partial charge is 0.325 e. The Balaban J connectivity index is 1.56. The molecule has 2 N–H and O–H groups in total. The van der Waals surface area contributed by atoms with Gasteiger partial charge in [-0.2, -0.15) is 0 Å². The summed E-state index contributed by atoms with van der Waals surface area (Å²) in [6.07, 6.45) is 10.1. The fourth-order valence-corrected chi connectivity index (χ4v) is 2.92. The van der Waals surface area contributed by atoms with Crippen molar-refractivity contribution in [3.8, 4) is 0 Å². The Morgan fingerprint density at radius 1 is 1.17 bits per heavy atom. The van der Waals surface area contributed by atoms with E-state index in [4.69, 9.17) is 5.73 Å². The highest BCUT2D eigenvalue weighted by Gasteiger charge is 2.56. The van der Waals surface area contributed by atoms with Crippen LogP contribution in [0, 0.1) is 17.8 Å². The molecule has 3 saturated carbocycles. The minimum Gasteiger partial charge on any atom is -0.325 e. The fourth-order valence-electron chi connectivity index (χ4n) is 2.92. The predicted molar refractivity (Wildman–Crippen MR) is 49.7 cm³/mol. The van der Waals surface area contributed by atoms with Crippen LogP contribution >= 0.6 is 0 Å². The Kier molecular flexibility index (Phi) is 1.39. The molecule has 2 unspecified atom stereocenters. The summed E-state index contributed by atoms with van der Waals surface area (Å²) in [7, 11) is 0. The lowest BCUT2D eigenvalue weighted by molar-refractivity contribution is 0.253. The van der Waals surface area contributed by atoms with Gasteiger partial charge in [-0.25, -0.2) is 0 Å². The molecule has 3 rings (SSSR count). The molecule has 0 amide bonds. The lowest BCUT2D eigenvalue weighted by Crippen LogP contribution is -2.30. The molecule has 0 saturated heterocycles. The average Bonchev–Trinajstić information content (AvgIpc) is 2.73. The van der Waals surface area contributed by atoms with Gasteiger partial charge in [0.15, 0.2) is 0 Å². The zero-order chi connectivity index (χ0) is 8.18. The van der Waals surface area contributed by atoms with E-state index in [9.17, 15) is 0 Å². The molecule has 12 heavy (non-hydrogen) atoms. The smallest absolute Gasteiger partial charge is 0.0192 e. The number of nitrogens with two attached hydrogens (primary N) is 1. The van der Waals surface area contributed by atoms with Crippen LogP contribution in [0.5, 0.6) is 0 Å². The maximum absolute atomic E-state index is 6.34. The van der Waals surface area contributed by atoms with Gasteiger partial charge < -0.3 is 5.73 Å². The molecule has 1 nitrogen and oxygen atoms in total. The third-order valence-electron chi connectivity index (χ3n) is 4.26. The van der Waals surface area contributed by atoms with Crippen LogP contribution in [0.1, 0.15) is 44.9 Å². The summed E-state index contributed by atoms with van der Waals surface area (Å²) in [6, 6.07) is 0. The number of hydrogen-bond acceptors (Lipinski definition) is 1. The van der Waals surface area contributed by atoms with E-state index in [0.717, 1.165) is 17.8 Å². The molecule has 2 atom stereocenters. The van der Waals surface area contributed by atoms with E-state index < -0.39 is 0 Å². The molecule has 0 aromatic rings. The molecule has 0 radical (unpaired) electrons. The first-order chi connectivity index (χ1) is 5.78. The van der Waals surface area contributed by atoms with Gasteiger partial charge in [-0.3, -0.25) is 0 Å². The zero-order valence-corrected chi connectivity index (χ0v) is 7.76. The fraction of sp³-hybridized carbons (Fsp3) is 1.00. The van der Waals surface area contributed by atoms with Crippen molar-refractivity contribution in [3.05, 3.63) is 0 Å². The van der Waals surface area contributed by atoms with Crippen LogP contribution in [0.4, 0.5) is 0 Å². The van der Waals surface area contributed by atoms with Crippen LogP contribution in [-0.2, 0) is 0 Å². The second-order valence-electron chi connectivity index (χ2n) is 5.38. The van der Waals surface area contributed by atoms with Gasteiger partial charge in [0, 0.05) is 5.54 Å². The van der Waals surface area contributed by atoms with E-state index in [0.29, 0.717) is 5.54 Å². The van der Waals surface area contributed by atoms with Gasteiger partial charge in [0.05, 0.1) is 0 Å². The summed E-state index contributed by atoms with van der Waals surface area (Å²) in [5, 5.41) is 0. The molecular formula is C11H19N. The standard InChI is InChI=1S/C11H19N/c12-11(6-8-4-5-8)7-10(11)9-2-1-3-9/h8-10H,1-7,12H2. The first-order valence-corrected chi connectivity index (χ1v) is 5.57. The summed E-state index contributed by atoms with van der Waals surface area (Å²) in [6.45, 7) is 0. The minimum absolute atomic E-state index is 0.326. The van der Waals surface area contributed by atoms with Gasteiger partial charge in [0.25, 0.3) is 0 Å². The molecule has 0 bridgehead atoms. The molecule has 0 heterocycles. The van der Waals surface area contributed by atoms with Gasteiger partial charge in [-0.05, 0) is 30.6 Å². The van der Waals surface area contributed by atoms with Gasteiger partial charge in [-0.1, -0.05) is 32.1 Å². The van der Waals surface area contributed by atoms with Crippen LogP contribution in [0.3, 0.4) is 0 Å². The van der Waals surface area contributed by atoms with Crippen molar-refractivity contribution < 1.29 is 0 Å². The third kappa shape index (κ3) is 1.10. The van der Waals surface area contributed by atoms with Gasteiger partial charge in [-0.15, -0.1) is 0 Å². The van der Waals surface area contributed by atoms with Crippen LogP contribution in [0.25, 0.3) is 0 Å². The third-order valence-corrected chi connectivity index (χ3v) is 4.26. The molecule has 3 aliphatic carbocycles. The number of hydrogen-bond donors (Lipinski definition) is 1. The second kappa shape index (κ2) is 2.25. The van der Waals surface area contributed by atoms with Crippen molar-refractivity contribution in [1.29, 1.82) is 0 Å². The lowest BCUT2D eigenvalue weighted by Gasteiger charge is -2.27. The van der Waals surface area contributed by atoms with E-state index in [1.807, 2.05) is 0 Å². The average molecular weight is 165 g/mol. The quantitative estimate of drug-likeness (QED) is 0.682.